The molecule has 0 fully saturated rings. The summed E-state index contributed by atoms with van der Waals surface area (Å²) in [5, 5.41) is 4.51. The van der Waals surface area contributed by atoms with Crippen LogP contribution in [-0.4, -0.2) is 31.6 Å². The van der Waals surface area contributed by atoms with E-state index in [9.17, 15) is 9.59 Å². The van der Waals surface area contributed by atoms with E-state index in [4.69, 9.17) is 4.74 Å². The summed E-state index contributed by atoms with van der Waals surface area (Å²) in [6, 6.07) is 12.6. The predicted octanol–water partition coefficient (Wildman–Crippen LogP) is 1.90. The number of fused-ring (bicyclic) bond motifs is 1. The molecule has 0 radical (unpaired) electrons. The minimum Gasteiger partial charge on any atom is -0.490 e. The molecule has 0 aliphatic heterocycles. The second-order valence-electron chi connectivity index (χ2n) is 4.56. The number of ether oxygens (including phenoxy) is 2. The molecule has 2 aromatic carbocycles. The molecular formula is C16H17NO4. The van der Waals surface area contributed by atoms with Gasteiger partial charge in [0, 0.05) is 12.3 Å². The molecule has 2 aromatic rings. The summed E-state index contributed by atoms with van der Waals surface area (Å²) in [6.45, 7) is 1.36. The van der Waals surface area contributed by atoms with E-state index < -0.39 is 12.0 Å². The Labute approximate surface area is 122 Å². The molecule has 1 atom stereocenters. The first-order valence-corrected chi connectivity index (χ1v) is 6.57. The number of benzene rings is 2. The van der Waals surface area contributed by atoms with Crippen LogP contribution >= 0.6 is 0 Å². The maximum absolute atomic E-state index is 11.6. The molecule has 0 aliphatic rings. The van der Waals surface area contributed by atoms with E-state index in [2.05, 4.69) is 10.1 Å². The van der Waals surface area contributed by atoms with Gasteiger partial charge in [-0.15, -0.1) is 0 Å². The van der Waals surface area contributed by atoms with Gasteiger partial charge in [-0.2, -0.15) is 0 Å². The average molecular weight is 287 g/mol. The van der Waals surface area contributed by atoms with Crippen LogP contribution in [0.3, 0.4) is 0 Å². The van der Waals surface area contributed by atoms with Crippen molar-refractivity contribution in [3.63, 3.8) is 0 Å². The lowest BCUT2D eigenvalue weighted by atomic mass is 10.1. The fourth-order valence-corrected chi connectivity index (χ4v) is 2.05. The molecule has 2 rings (SSSR count). The summed E-state index contributed by atoms with van der Waals surface area (Å²) < 4.78 is 10.3. The number of esters is 1. The highest BCUT2D eigenvalue weighted by molar-refractivity contribution is 5.88. The van der Waals surface area contributed by atoms with Crippen LogP contribution < -0.4 is 10.1 Å². The Morgan fingerprint density at radius 3 is 2.57 bits per heavy atom. The fourth-order valence-electron chi connectivity index (χ4n) is 2.05. The summed E-state index contributed by atoms with van der Waals surface area (Å²) in [5.41, 5.74) is 0. The van der Waals surface area contributed by atoms with Crippen molar-refractivity contribution in [3.05, 3.63) is 42.5 Å². The summed E-state index contributed by atoms with van der Waals surface area (Å²) in [5.74, 6) is -0.190. The predicted molar refractivity (Wildman–Crippen MR) is 79.1 cm³/mol. The van der Waals surface area contributed by atoms with E-state index in [1.54, 1.807) is 0 Å². The van der Waals surface area contributed by atoms with Crippen LogP contribution in [0.1, 0.15) is 6.92 Å². The van der Waals surface area contributed by atoms with E-state index in [0.29, 0.717) is 5.75 Å². The van der Waals surface area contributed by atoms with Crippen molar-refractivity contribution < 1.29 is 19.1 Å². The van der Waals surface area contributed by atoms with E-state index >= 15 is 0 Å². The fraction of sp³-hybridized carbons (Fsp3) is 0.250. The summed E-state index contributed by atoms with van der Waals surface area (Å²) in [6.07, 6.45) is 0. The van der Waals surface area contributed by atoms with Crippen molar-refractivity contribution in [2.45, 2.75) is 13.0 Å². The van der Waals surface area contributed by atoms with Gasteiger partial charge < -0.3 is 14.8 Å². The molecule has 0 heterocycles. The molecule has 0 aliphatic carbocycles. The number of hydrogen-bond donors (Lipinski definition) is 1. The number of carbonyl (C=O) groups excluding carboxylic acids is 2. The summed E-state index contributed by atoms with van der Waals surface area (Å²) in [4.78, 5) is 22.7. The van der Waals surface area contributed by atoms with Gasteiger partial charge in [-0.25, -0.2) is 4.79 Å². The summed E-state index contributed by atoms with van der Waals surface area (Å²) >= 11 is 0. The Kier molecular flexibility index (Phi) is 4.77. The highest BCUT2D eigenvalue weighted by atomic mass is 16.5. The highest BCUT2D eigenvalue weighted by Crippen LogP contribution is 2.25. The first kappa shape index (κ1) is 14.8. The molecule has 0 aromatic heterocycles. The molecule has 0 spiro atoms. The topological polar surface area (TPSA) is 64.6 Å². The molecule has 5 nitrogen and oxygen atoms in total. The zero-order valence-corrected chi connectivity index (χ0v) is 12.0. The van der Waals surface area contributed by atoms with Crippen molar-refractivity contribution in [1.29, 1.82) is 0 Å². The molecule has 110 valence electrons. The standard InChI is InChI=1S/C16H17NO4/c1-11(18)17-14(16(19)20-2)10-21-15-9-5-7-12-6-3-4-8-13(12)15/h3-9,14H,10H2,1-2H3,(H,17,18). The monoisotopic (exact) mass is 287 g/mol. The minimum absolute atomic E-state index is 0.0141. The molecule has 0 saturated carbocycles. The Bertz CT molecular complexity index is 648. The van der Waals surface area contributed by atoms with E-state index in [-0.39, 0.29) is 12.5 Å². The van der Waals surface area contributed by atoms with Crippen LogP contribution in [0.25, 0.3) is 10.8 Å². The average Bonchev–Trinajstić information content (AvgIpc) is 2.50. The van der Waals surface area contributed by atoms with Crippen LogP contribution in [-0.2, 0) is 14.3 Å². The van der Waals surface area contributed by atoms with Crippen LogP contribution in [0.2, 0.25) is 0 Å². The van der Waals surface area contributed by atoms with Gasteiger partial charge in [-0.3, -0.25) is 4.79 Å². The van der Waals surface area contributed by atoms with Crippen molar-refractivity contribution in [2.24, 2.45) is 0 Å². The van der Waals surface area contributed by atoms with Crippen molar-refractivity contribution in [3.8, 4) is 5.75 Å². The second-order valence-corrected chi connectivity index (χ2v) is 4.56. The first-order chi connectivity index (χ1) is 10.1. The number of nitrogens with one attached hydrogen (secondary N) is 1. The maximum atomic E-state index is 11.6. The van der Waals surface area contributed by atoms with Crippen LogP contribution in [0.5, 0.6) is 5.75 Å². The smallest absolute Gasteiger partial charge is 0.331 e. The molecule has 0 saturated heterocycles. The Morgan fingerprint density at radius 1 is 1.14 bits per heavy atom. The third kappa shape index (κ3) is 3.72. The van der Waals surface area contributed by atoms with Gasteiger partial charge in [0.15, 0.2) is 6.04 Å². The normalized spacial score (nSPS) is 11.7. The second kappa shape index (κ2) is 6.74. The van der Waals surface area contributed by atoms with E-state index in [1.165, 1.54) is 14.0 Å². The van der Waals surface area contributed by atoms with Crippen LogP contribution in [0.15, 0.2) is 42.5 Å². The molecular weight excluding hydrogens is 270 g/mol. The van der Waals surface area contributed by atoms with Gasteiger partial charge in [0.2, 0.25) is 5.91 Å². The van der Waals surface area contributed by atoms with Gasteiger partial charge in [-0.05, 0) is 11.5 Å². The zero-order valence-electron chi connectivity index (χ0n) is 12.0. The third-order valence-electron chi connectivity index (χ3n) is 3.02. The third-order valence-corrected chi connectivity index (χ3v) is 3.02. The van der Waals surface area contributed by atoms with Gasteiger partial charge in [-0.1, -0.05) is 36.4 Å². The van der Waals surface area contributed by atoms with Crippen molar-refractivity contribution in [1.82, 2.24) is 5.32 Å². The highest BCUT2D eigenvalue weighted by Gasteiger charge is 2.21. The SMILES string of the molecule is COC(=O)C(COc1cccc2ccccc12)NC(C)=O. The lowest BCUT2D eigenvalue weighted by Crippen LogP contribution is -2.44. The van der Waals surface area contributed by atoms with E-state index in [1.807, 2.05) is 42.5 Å². The molecule has 5 heteroatoms. The van der Waals surface area contributed by atoms with E-state index in [0.717, 1.165) is 10.8 Å². The lowest BCUT2D eigenvalue weighted by molar-refractivity contribution is -0.145. The maximum Gasteiger partial charge on any atom is 0.331 e. The molecule has 1 N–H and O–H groups in total. The number of methoxy groups -OCH3 is 1. The Hall–Kier alpha value is -2.56. The quantitative estimate of drug-likeness (QED) is 0.853. The van der Waals surface area contributed by atoms with Crippen LogP contribution in [0.4, 0.5) is 0 Å². The molecule has 21 heavy (non-hydrogen) atoms. The van der Waals surface area contributed by atoms with Gasteiger partial charge in [0.05, 0.1) is 7.11 Å². The number of carbonyl (C=O) groups is 2. The number of amides is 1. The van der Waals surface area contributed by atoms with Crippen molar-refractivity contribution in [2.75, 3.05) is 13.7 Å². The molecule has 1 amide bonds. The van der Waals surface area contributed by atoms with Crippen molar-refractivity contribution >= 4 is 22.6 Å². The Morgan fingerprint density at radius 2 is 1.86 bits per heavy atom. The number of hydrogen-bond acceptors (Lipinski definition) is 4. The molecule has 1 unspecified atom stereocenters. The first-order valence-electron chi connectivity index (χ1n) is 6.57. The minimum atomic E-state index is -0.827. The van der Waals surface area contributed by atoms with Gasteiger partial charge in [0.25, 0.3) is 0 Å². The lowest BCUT2D eigenvalue weighted by Gasteiger charge is -2.17. The zero-order chi connectivity index (χ0) is 15.2. The molecule has 0 bridgehead atoms. The summed E-state index contributed by atoms with van der Waals surface area (Å²) in [7, 11) is 1.27. The Balaban J connectivity index is 2.15. The van der Waals surface area contributed by atoms with Gasteiger partial charge >= 0.3 is 5.97 Å². The number of rotatable bonds is 5. The van der Waals surface area contributed by atoms with Gasteiger partial charge in [0.1, 0.15) is 12.4 Å². The largest absolute Gasteiger partial charge is 0.490 e. The van der Waals surface area contributed by atoms with Crippen LogP contribution in [0, 0.1) is 0 Å².